The molecule has 1 aromatic heterocycles. The molecule has 0 radical (unpaired) electrons. The molecule has 3 N–H and O–H groups in total. The molecule has 17 heavy (non-hydrogen) atoms. The zero-order valence-electron chi connectivity index (χ0n) is 9.13. The van der Waals surface area contributed by atoms with Gasteiger partial charge in [0.05, 0.1) is 18.4 Å². The van der Waals surface area contributed by atoms with E-state index in [1.807, 2.05) is 6.07 Å². The molecule has 5 nitrogen and oxygen atoms in total. The van der Waals surface area contributed by atoms with E-state index in [1.54, 1.807) is 36.8 Å². The molecule has 2 aromatic rings. The fourth-order valence-electron chi connectivity index (χ4n) is 1.40. The molecule has 1 aromatic carbocycles. The lowest BCUT2D eigenvalue weighted by molar-refractivity contribution is 0.100. The van der Waals surface area contributed by atoms with Crippen LogP contribution in [-0.4, -0.2) is 15.9 Å². The second-order valence-corrected chi connectivity index (χ2v) is 3.50. The summed E-state index contributed by atoms with van der Waals surface area (Å²) in [4.78, 5) is 19.1. The van der Waals surface area contributed by atoms with E-state index in [-0.39, 0.29) is 0 Å². The number of carbonyl (C=O) groups is 1. The van der Waals surface area contributed by atoms with Gasteiger partial charge in [0.2, 0.25) is 5.91 Å². The monoisotopic (exact) mass is 228 g/mol. The van der Waals surface area contributed by atoms with Crippen LogP contribution in [0.15, 0.2) is 42.9 Å². The Morgan fingerprint density at radius 3 is 2.94 bits per heavy atom. The first-order valence-electron chi connectivity index (χ1n) is 5.14. The molecule has 0 bridgehead atoms. The van der Waals surface area contributed by atoms with Crippen LogP contribution in [0.25, 0.3) is 0 Å². The van der Waals surface area contributed by atoms with Gasteiger partial charge in [-0.2, -0.15) is 0 Å². The molecule has 5 heteroatoms. The van der Waals surface area contributed by atoms with Crippen LogP contribution in [0.5, 0.6) is 0 Å². The highest BCUT2D eigenvalue weighted by Gasteiger charge is 2.01. The molecule has 86 valence electrons. The highest BCUT2D eigenvalue weighted by molar-refractivity contribution is 5.93. The fourth-order valence-corrected chi connectivity index (χ4v) is 1.40. The summed E-state index contributed by atoms with van der Waals surface area (Å²) < 4.78 is 0. The zero-order chi connectivity index (χ0) is 12.1. The number of benzene rings is 1. The Hall–Kier alpha value is -2.43. The summed E-state index contributed by atoms with van der Waals surface area (Å²) in [5.41, 5.74) is 7.34. The van der Waals surface area contributed by atoms with Crippen molar-refractivity contribution in [1.82, 2.24) is 9.97 Å². The minimum atomic E-state index is -0.437. The van der Waals surface area contributed by atoms with Gasteiger partial charge in [0, 0.05) is 23.6 Å². The lowest BCUT2D eigenvalue weighted by atomic mass is 10.2. The molecule has 1 heterocycles. The third-order valence-electron chi connectivity index (χ3n) is 2.24. The van der Waals surface area contributed by atoms with Crippen LogP contribution in [0.1, 0.15) is 16.1 Å². The Kier molecular flexibility index (Phi) is 3.30. The van der Waals surface area contributed by atoms with Gasteiger partial charge in [-0.15, -0.1) is 0 Å². The predicted octanol–water partition coefficient (Wildman–Crippen LogP) is 1.19. The van der Waals surface area contributed by atoms with Gasteiger partial charge in [-0.05, 0) is 18.2 Å². The number of hydrogen-bond acceptors (Lipinski definition) is 4. The van der Waals surface area contributed by atoms with Gasteiger partial charge in [-0.1, -0.05) is 6.07 Å². The van der Waals surface area contributed by atoms with Gasteiger partial charge >= 0.3 is 0 Å². The maximum atomic E-state index is 11.0. The number of primary amides is 1. The molecule has 0 saturated carbocycles. The van der Waals surface area contributed by atoms with Crippen molar-refractivity contribution in [2.24, 2.45) is 5.73 Å². The number of amides is 1. The van der Waals surface area contributed by atoms with Gasteiger partial charge in [0.15, 0.2) is 0 Å². The van der Waals surface area contributed by atoms with Crippen LogP contribution in [0, 0.1) is 0 Å². The third kappa shape index (κ3) is 3.01. The molecule has 0 aliphatic rings. The number of hydrogen-bond donors (Lipinski definition) is 2. The number of nitrogens with zero attached hydrogens (tertiary/aromatic N) is 2. The molecule has 0 aliphatic carbocycles. The zero-order valence-corrected chi connectivity index (χ0v) is 9.13. The Morgan fingerprint density at radius 1 is 1.35 bits per heavy atom. The third-order valence-corrected chi connectivity index (χ3v) is 2.24. The van der Waals surface area contributed by atoms with E-state index in [2.05, 4.69) is 15.3 Å². The number of nitrogens with two attached hydrogens (primary N) is 1. The van der Waals surface area contributed by atoms with Crippen molar-refractivity contribution in [1.29, 1.82) is 0 Å². The number of anilines is 1. The first kappa shape index (κ1) is 11.1. The van der Waals surface area contributed by atoms with Crippen molar-refractivity contribution < 1.29 is 4.79 Å². The molecule has 0 fully saturated rings. The normalized spacial score (nSPS) is 9.88. The Balaban J connectivity index is 2.04. The average molecular weight is 228 g/mol. The fraction of sp³-hybridized carbons (Fsp3) is 0.0833. The van der Waals surface area contributed by atoms with Crippen molar-refractivity contribution in [3.63, 3.8) is 0 Å². The summed E-state index contributed by atoms with van der Waals surface area (Å²) in [5, 5.41) is 3.15. The highest BCUT2D eigenvalue weighted by atomic mass is 16.1. The van der Waals surface area contributed by atoms with Crippen LogP contribution < -0.4 is 11.1 Å². The minimum Gasteiger partial charge on any atom is -0.379 e. The van der Waals surface area contributed by atoms with Crippen molar-refractivity contribution in [3.8, 4) is 0 Å². The maximum absolute atomic E-state index is 11.0. The van der Waals surface area contributed by atoms with Crippen molar-refractivity contribution in [2.45, 2.75) is 6.54 Å². The van der Waals surface area contributed by atoms with E-state index in [1.165, 1.54) is 0 Å². The summed E-state index contributed by atoms with van der Waals surface area (Å²) in [7, 11) is 0. The summed E-state index contributed by atoms with van der Waals surface area (Å²) in [6.07, 6.45) is 4.94. The molecule has 0 atom stereocenters. The molecular formula is C12H12N4O. The molecule has 0 unspecified atom stereocenters. The van der Waals surface area contributed by atoms with Crippen molar-refractivity contribution >= 4 is 11.6 Å². The summed E-state index contributed by atoms with van der Waals surface area (Å²) in [6, 6.07) is 7.02. The number of rotatable bonds is 4. The predicted molar refractivity (Wildman–Crippen MR) is 64.3 cm³/mol. The Bertz CT molecular complexity index is 513. The van der Waals surface area contributed by atoms with Gasteiger partial charge in [0.25, 0.3) is 0 Å². The molecular weight excluding hydrogens is 216 g/mol. The molecule has 0 saturated heterocycles. The summed E-state index contributed by atoms with van der Waals surface area (Å²) in [6.45, 7) is 0.552. The maximum Gasteiger partial charge on any atom is 0.248 e. The van der Waals surface area contributed by atoms with E-state index in [4.69, 9.17) is 5.73 Å². The van der Waals surface area contributed by atoms with Crippen LogP contribution in [0.3, 0.4) is 0 Å². The van der Waals surface area contributed by atoms with E-state index >= 15 is 0 Å². The van der Waals surface area contributed by atoms with E-state index < -0.39 is 5.91 Å². The highest BCUT2D eigenvalue weighted by Crippen LogP contribution is 2.10. The van der Waals surface area contributed by atoms with Crippen LogP contribution >= 0.6 is 0 Å². The van der Waals surface area contributed by atoms with Crippen molar-refractivity contribution in [3.05, 3.63) is 54.1 Å². The van der Waals surface area contributed by atoms with Crippen LogP contribution in [0.4, 0.5) is 5.69 Å². The van der Waals surface area contributed by atoms with Gasteiger partial charge in [-0.3, -0.25) is 14.8 Å². The smallest absolute Gasteiger partial charge is 0.248 e. The molecule has 2 rings (SSSR count). The van der Waals surface area contributed by atoms with Crippen LogP contribution in [0.2, 0.25) is 0 Å². The van der Waals surface area contributed by atoms with E-state index in [0.717, 1.165) is 11.4 Å². The number of nitrogens with one attached hydrogen (secondary N) is 1. The largest absolute Gasteiger partial charge is 0.379 e. The average Bonchev–Trinajstić information content (AvgIpc) is 2.38. The first-order valence-corrected chi connectivity index (χ1v) is 5.14. The van der Waals surface area contributed by atoms with Crippen molar-refractivity contribution in [2.75, 3.05) is 5.32 Å². The quantitative estimate of drug-likeness (QED) is 0.823. The second kappa shape index (κ2) is 5.07. The van der Waals surface area contributed by atoms with Crippen LogP contribution in [-0.2, 0) is 6.54 Å². The van der Waals surface area contributed by atoms with Gasteiger partial charge in [0.1, 0.15) is 0 Å². The standard InChI is InChI=1S/C12H12N4O/c13-12(17)9-2-1-3-10(6-9)16-8-11-7-14-4-5-15-11/h1-7,16H,8H2,(H2,13,17). The molecule has 0 aliphatic heterocycles. The van der Waals surface area contributed by atoms with Gasteiger partial charge < -0.3 is 11.1 Å². The second-order valence-electron chi connectivity index (χ2n) is 3.50. The van der Waals surface area contributed by atoms with E-state index in [0.29, 0.717) is 12.1 Å². The number of aromatic nitrogens is 2. The van der Waals surface area contributed by atoms with Gasteiger partial charge in [-0.25, -0.2) is 0 Å². The molecule has 1 amide bonds. The summed E-state index contributed by atoms with van der Waals surface area (Å²) in [5.74, 6) is -0.437. The van der Waals surface area contributed by atoms with E-state index in [9.17, 15) is 4.79 Å². The Morgan fingerprint density at radius 2 is 2.24 bits per heavy atom. The SMILES string of the molecule is NC(=O)c1cccc(NCc2cnccn2)c1. The Labute approximate surface area is 98.7 Å². The summed E-state index contributed by atoms with van der Waals surface area (Å²) >= 11 is 0. The minimum absolute atomic E-state index is 0.437. The lowest BCUT2D eigenvalue weighted by Gasteiger charge is -2.06. The topological polar surface area (TPSA) is 80.9 Å². The number of carbonyl (C=O) groups excluding carboxylic acids is 1. The first-order chi connectivity index (χ1) is 8.25. The lowest BCUT2D eigenvalue weighted by Crippen LogP contribution is -2.11. The molecule has 0 spiro atoms.